The van der Waals surface area contributed by atoms with Crippen LogP contribution in [0.15, 0.2) is 6.07 Å². The Balaban J connectivity index is 1.69. The summed E-state index contributed by atoms with van der Waals surface area (Å²) in [4.78, 5) is 26.8. The second-order valence-electron chi connectivity index (χ2n) is 6.54. The lowest BCUT2D eigenvalue weighted by Crippen LogP contribution is -2.41. The van der Waals surface area contributed by atoms with E-state index in [1.165, 1.54) is 28.2 Å². The quantitative estimate of drug-likeness (QED) is 0.679. The molecule has 1 aromatic heterocycles. The van der Waals surface area contributed by atoms with Gasteiger partial charge in [0.2, 0.25) is 5.91 Å². The smallest absolute Gasteiger partial charge is 0.245 e. The second-order valence-corrected chi connectivity index (χ2v) is 7.67. The van der Waals surface area contributed by atoms with Crippen molar-refractivity contribution in [3.05, 3.63) is 21.4 Å². The third-order valence-electron chi connectivity index (χ3n) is 4.84. The van der Waals surface area contributed by atoms with Gasteiger partial charge >= 0.3 is 0 Å². The van der Waals surface area contributed by atoms with E-state index in [0.717, 1.165) is 51.4 Å². The van der Waals surface area contributed by atoms with Crippen molar-refractivity contribution in [3.8, 4) is 6.07 Å². The number of fused-ring (bicyclic) bond motifs is 1. The Bertz CT molecular complexity index is 614. The predicted octanol–water partition coefficient (Wildman–Crippen LogP) is 3.40. The van der Waals surface area contributed by atoms with Crippen LogP contribution in [0, 0.1) is 17.2 Å². The molecule has 0 bridgehead atoms. The molecule has 0 spiro atoms. The molecule has 1 fully saturated rings. The number of thiophene rings is 1. The van der Waals surface area contributed by atoms with E-state index >= 15 is 0 Å². The monoisotopic (exact) mass is 330 g/mol. The van der Waals surface area contributed by atoms with Crippen LogP contribution in [0.2, 0.25) is 0 Å². The van der Waals surface area contributed by atoms with E-state index in [-0.39, 0.29) is 11.8 Å². The summed E-state index contributed by atoms with van der Waals surface area (Å²) in [6.45, 7) is 0. The maximum Gasteiger partial charge on any atom is 0.245 e. The van der Waals surface area contributed by atoms with Gasteiger partial charge in [0, 0.05) is 10.9 Å². The molecule has 0 aromatic carbocycles. The molecule has 1 saturated carbocycles. The standard InChI is InChI=1S/C18H22N2O2S/c19-11-14(18(22)20-13-7-2-1-3-8-13)17(21)16-10-12-6-4-5-9-15(12)23-16/h10,13-14H,1-9H2,(H,20,22). The maximum atomic E-state index is 12.6. The Hall–Kier alpha value is -1.67. The van der Waals surface area contributed by atoms with Crippen LogP contribution >= 0.6 is 11.3 Å². The van der Waals surface area contributed by atoms with Crippen molar-refractivity contribution in [3.63, 3.8) is 0 Å². The number of hydrogen-bond acceptors (Lipinski definition) is 4. The molecule has 2 aliphatic carbocycles. The molecule has 0 saturated heterocycles. The van der Waals surface area contributed by atoms with Crippen LogP contribution in [-0.2, 0) is 17.6 Å². The number of rotatable bonds is 4. The summed E-state index contributed by atoms with van der Waals surface area (Å²) in [7, 11) is 0. The molecule has 1 amide bonds. The summed E-state index contributed by atoms with van der Waals surface area (Å²) in [6.07, 6.45) is 9.64. The van der Waals surface area contributed by atoms with Crippen LogP contribution in [0.25, 0.3) is 0 Å². The fourth-order valence-corrected chi connectivity index (χ4v) is 4.75. The summed E-state index contributed by atoms with van der Waals surface area (Å²) in [6, 6.07) is 3.94. The molecule has 3 rings (SSSR count). The Labute approximate surface area is 140 Å². The van der Waals surface area contributed by atoms with E-state index in [1.54, 1.807) is 0 Å². The van der Waals surface area contributed by atoms with Gasteiger partial charge in [0.05, 0.1) is 10.9 Å². The third-order valence-corrected chi connectivity index (χ3v) is 6.10. The number of Topliss-reactive ketones (excluding diaryl/α,β-unsaturated/α-hetero) is 1. The zero-order chi connectivity index (χ0) is 16.2. The molecule has 122 valence electrons. The van der Waals surface area contributed by atoms with Crippen LogP contribution in [0.3, 0.4) is 0 Å². The van der Waals surface area contributed by atoms with Crippen LogP contribution in [-0.4, -0.2) is 17.7 Å². The minimum Gasteiger partial charge on any atom is -0.352 e. The zero-order valence-corrected chi connectivity index (χ0v) is 14.1. The lowest BCUT2D eigenvalue weighted by molar-refractivity contribution is -0.123. The first kappa shape index (κ1) is 16.2. The van der Waals surface area contributed by atoms with Crippen LogP contribution in [0.5, 0.6) is 0 Å². The van der Waals surface area contributed by atoms with Crippen molar-refractivity contribution < 1.29 is 9.59 Å². The summed E-state index contributed by atoms with van der Waals surface area (Å²) in [5.41, 5.74) is 1.23. The molecule has 4 nitrogen and oxygen atoms in total. The first-order valence-electron chi connectivity index (χ1n) is 8.55. The molecular weight excluding hydrogens is 308 g/mol. The maximum absolute atomic E-state index is 12.6. The van der Waals surface area contributed by atoms with Crippen molar-refractivity contribution >= 4 is 23.0 Å². The Morgan fingerprint density at radius 3 is 2.61 bits per heavy atom. The zero-order valence-electron chi connectivity index (χ0n) is 13.3. The largest absolute Gasteiger partial charge is 0.352 e. The summed E-state index contributed by atoms with van der Waals surface area (Å²) >= 11 is 1.47. The molecule has 2 aliphatic rings. The number of nitrogens with zero attached hydrogens (tertiary/aromatic N) is 1. The fraction of sp³-hybridized carbons (Fsp3) is 0.611. The van der Waals surface area contributed by atoms with Crippen LogP contribution < -0.4 is 5.32 Å². The Kier molecular flexibility index (Phi) is 5.12. The fourth-order valence-electron chi connectivity index (χ4n) is 3.52. The van der Waals surface area contributed by atoms with E-state index < -0.39 is 11.8 Å². The van der Waals surface area contributed by atoms with E-state index in [9.17, 15) is 14.9 Å². The molecule has 1 atom stereocenters. The number of ketones is 1. The van der Waals surface area contributed by atoms with E-state index in [1.807, 2.05) is 12.1 Å². The van der Waals surface area contributed by atoms with Gasteiger partial charge in [-0.3, -0.25) is 9.59 Å². The number of nitriles is 1. The number of amides is 1. The topological polar surface area (TPSA) is 70.0 Å². The summed E-state index contributed by atoms with van der Waals surface area (Å²) in [5, 5.41) is 12.2. The highest BCUT2D eigenvalue weighted by Gasteiger charge is 2.31. The van der Waals surface area contributed by atoms with Crippen molar-refractivity contribution in [1.29, 1.82) is 5.26 Å². The number of hydrogen-bond donors (Lipinski definition) is 1. The van der Waals surface area contributed by atoms with Gasteiger partial charge < -0.3 is 5.32 Å². The first-order valence-corrected chi connectivity index (χ1v) is 9.36. The number of aryl methyl sites for hydroxylation is 2. The lowest BCUT2D eigenvalue weighted by Gasteiger charge is -2.23. The minimum atomic E-state index is -1.21. The molecule has 5 heteroatoms. The lowest BCUT2D eigenvalue weighted by atomic mass is 9.94. The van der Waals surface area contributed by atoms with E-state index in [0.29, 0.717) is 4.88 Å². The number of carbonyl (C=O) groups is 2. The second kappa shape index (κ2) is 7.27. The van der Waals surface area contributed by atoms with E-state index in [4.69, 9.17) is 0 Å². The van der Waals surface area contributed by atoms with Crippen LogP contribution in [0.1, 0.15) is 65.1 Å². The van der Waals surface area contributed by atoms with E-state index in [2.05, 4.69) is 5.32 Å². The predicted molar refractivity (Wildman–Crippen MR) is 89.4 cm³/mol. The number of nitrogens with one attached hydrogen (secondary N) is 1. The van der Waals surface area contributed by atoms with Gasteiger partial charge in [0.15, 0.2) is 11.7 Å². The van der Waals surface area contributed by atoms with Crippen molar-refractivity contribution in [1.82, 2.24) is 5.32 Å². The van der Waals surface area contributed by atoms with Gasteiger partial charge in [-0.15, -0.1) is 11.3 Å². The first-order chi connectivity index (χ1) is 11.2. The Morgan fingerprint density at radius 1 is 1.17 bits per heavy atom. The molecule has 0 aliphatic heterocycles. The average molecular weight is 330 g/mol. The summed E-state index contributed by atoms with van der Waals surface area (Å²) < 4.78 is 0. The van der Waals surface area contributed by atoms with Gasteiger partial charge in [-0.25, -0.2) is 0 Å². The molecular formula is C18H22N2O2S. The highest BCUT2D eigenvalue weighted by molar-refractivity contribution is 7.14. The van der Waals surface area contributed by atoms with Crippen LogP contribution in [0.4, 0.5) is 0 Å². The van der Waals surface area contributed by atoms with Gasteiger partial charge in [0.25, 0.3) is 0 Å². The minimum absolute atomic E-state index is 0.122. The SMILES string of the molecule is N#CC(C(=O)NC1CCCCC1)C(=O)c1cc2c(s1)CCCC2. The molecule has 23 heavy (non-hydrogen) atoms. The highest BCUT2D eigenvalue weighted by atomic mass is 32.1. The van der Waals surface area contributed by atoms with Gasteiger partial charge in [-0.1, -0.05) is 19.3 Å². The highest BCUT2D eigenvalue weighted by Crippen LogP contribution is 2.31. The Morgan fingerprint density at radius 2 is 1.91 bits per heavy atom. The molecule has 1 unspecified atom stereocenters. The van der Waals surface area contributed by atoms with Crippen molar-refractivity contribution in [2.45, 2.75) is 63.8 Å². The van der Waals surface area contributed by atoms with Crippen molar-refractivity contribution in [2.75, 3.05) is 0 Å². The third kappa shape index (κ3) is 3.64. The summed E-state index contributed by atoms with van der Waals surface area (Å²) in [5.74, 6) is -1.96. The molecule has 0 radical (unpaired) electrons. The van der Waals surface area contributed by atoms with Crippen molar-refractivity contribution in [2.24, 2.45) is 5.92 Å². The molecule has 1 heterocycles. The molecule has 1 aromatic rings. The normalized spacial score (nSPS) is 19.4. The van der Waals surface area contributed by atoms with Gasteiger partial charge in [-0.2, -0.15) is 5.26 Å². The average Bonchev–Trinajstić information content (AvgIpc) is 3.00. The number of carbonyl (C=O) groups excluding carboxylic acids is 2. The molecule has 1 N–H and O–H groups in total. The van der Waals surface area contributed by atoms with Gasteiger partial charge in [-0.05, 0) is 50.2 Å². The van der Waals surface area contributed by atoms with Gasteiger partial charge in [0.1, 0.15) is 0 Å².